The summed E-state index contributed by atoms with van der Waals surface area (Å²) in [6, 6.07) is 16.6. The third-order valence-electron chi connectivity index (χ3n) is 10.1. The van der Waals surface area contributed by atoms with E-state index in [9.17, 15) is 4.79 Å². The molecule has 0 aromatic heterocycles. The van der Waals surface area contributed by atoms with E-state index in [1.54, 1.807) is 7.05 Å². The van der Waals surface area contributed by atoms with Crippen LogP contribution in [-0.4, -0.2) is 178 Å². The molecule has 336 valence electrons. The summed E-state index contributed by atoms with van der Waals surface area (Å²) in [6.07, 6.45) is -0.364. The predicted molar refractivity (Wildman–Crippen MR) is 229 cm³/mol. The number of amides is 1. The third kappa shape index (κ3) is 21.2. The van der Waals surface area contributed by atoms with Gasteiger partial charge in [0.05, 0.1) is 139 Å². The van der Waals surface area contributed by atoms with Crippen LogP contribution in [0.25, 0.3) is 11.1 Å². The molecule has 0 N–H and O–H groups in total. The monoisotopic (exact) mass is 851 g/mol. The minimum atomic E-state index is -1.71. The first kappa shape index (κ1) is 50.8. The molecule has 0 bridgehead atoms. The topological polar surface area (TPSA) is 131 Å². The van der Waals surface area contributed by atoms with E-state index in [0.29, 0.717) is 152 Å². The summed E-state index contributed by atoms with van der Waals surface area (Å²) in [5, 5.41) is 0.210. The Morgan fingerprint density at radius 1 is 0.508 bits per heavy atom. The Morgan fingerprint density at radius 3 is 1.15 bits per heavy atom. The van der Waals surface area contributed by atoms with E-state index < -0.39 is 8.32 Å². The second-order valence-electron chi connectivity index (χ2n) is 15.5. The van der Waals surface area contributed by atoms with Crippen molar-refractivity contribution in [3.63, 3.8) is 0 Å². The molecule has 2 aromatic carbocycles. The van der Waals surface area contributed by atoms with Gasteiger partial charge < -0.3 is 61.4 Å². The van der Waals surface area contributed by atoms with Crippen LogP contribution in [0.1, 0.15) is 37.8 Å². The summed E-state index contributed by atoms with van der Waals surface area (Å²) >= 11 is 0. The molecule has 0 saturated heterocycles. The first-order valence-electron chi connectivity index (χ1n) is 21.1. The Labute approximate surface area is 354 Å². The number of nitrogens with zero attached hydrogens (tertiary/aromatic N) is 1. The maximum absolute atomic E-state index is 12.6. The van der Waals surface area contributed by atoms with Crippen molar-refractivity contribution in [1.82, 2.24) is 4.90 Å². The zero-order valence-electron chi connectivity index (χ0n) is 36.7. The van der Waals surface area contributed by atoms with Crippen molar-refractivity contribution in [3.8, 4) is 11.1 Å². The van der Waals surface area contributed by atoms with Crippen molar-refractivity contribution in [3.05, 3.63) is 59.7 Å². The lowest BCUT2D eigenvalue weighted by molar-refractivity contribution is -0.0269. The molecule has 0 unspecified atom stereocenters. The molecule has 1 amide bonds. The molecule has 0 heterocycles. The van der Waals surface area contributed by atoms with E-state index in [-0.39, 0.29) is 17.0 Å². The van der Waals surface area contributed by atoms with Crippen LogP contribution in [0.5, 0.6) is 0 Å². The lowest BCUT2D eigenvalue weighted by Crippen LogP contribution is -2.41. The lowest BCUT2D eigenvalue weighted by atomic mass is 9.98. The molecule has 3 rings (SSSR count). The number of carbonyl (C=O) groups is 1. The van der Waals surface area contributed by atoms with Gasteiger partial charge in [-0.05, 0) is 40.4 Å². The van der Waals surface area contributed by atoms with Crippen molar-refractivity contribution in [2.24, 2.45) is 0 Å². The third-order valence-corrected chi connectivity index (χ3v) is 14.6. The van der Waals surface area contributed by atoms with Crippen LogP contribution >= 0.6 is 0 Å². The molecule has 2 aromatic rings. The molecular weight excluding hydrogens is 779 g/mol. The first-order valence-corrected chi connectivity index (χ1v) is 24.0. The van der Waals surface area contributed by atoms with E-state index in [1.165, 1.54) is 27.2 Å². The van der Waals surface area contributed by atoms with Gasteiger partial charge in [0.2, 0.25) is 0 Å². The number of ether oxygens (including phenoxy) is 11. The Bertz CT molecular complexity index is 1330. The zero-order valence-corrected chi connectivity index (χ0v) is 37.7. The summed E-state index contributed by atoms with van der Waals surface area (Å²) < 4.78 is 67.2. The van der Waals surface area contributed by atoms with Crippen molar-refractivity contribution < 1.29 is 61.3 Å². The largest absolute Gasteiger partial charge is 0.448 e. The zero-order chi connectivity index (χ0) is 42.4. The molecule has 59 heavy (non-hydrogen) atoms. The number of benzene rings is 2. The van der Waals surface area contributed by atoms with E-state index in [2.05, 4.69) is 58.1 Å². The molecule has 0 fully saturated rings. The molecule has 0 saturated carbocycles. The van der Waals surface area contributed by atoms with Crippen LogP contribution in [0, 0.1) is 0 Å². The number of rotatable bonds is 36. The minimum absolute atomic E-state index is 0.0379. The number of likely N-dealkylation sites (N-methyl/N-ethyl adjacent to an activating group) is 1. The summed E-state index contributed by atoms with van der Waals surface area (Å²) in [6.45, 7) is 22.4. The molecule has 0 spiro atoms. The summed E-state index contributed by atoms with van der Waals surface area (Å²) in [5.41, 5.74) is 4.80. The predicted octanol–water partition coefficient (Wildman–Crippen LogP) is 6.06. The van der Waals surface area contributed by atoms with Gasteiger partial charge in [-0.3, -0.25) is 0 Å². The van der Waals surface area contributed by atoms with Gasteiger partial charge in [0.15, 0.2) is 8.32 Å². The number of hydrogen-bond donors (Lipinski definition) is 0. The van der Waals surface area contributed by atoms with Crippen molar-refractivity contribution in [2.75, 3.05) is 159 Å². The molecule has 14 nitrogen and oxygen atoms in total. The molecular formula is C44H73NO13Si. The van der Waals surface area contributed by atoms with Crippen LogP contribution in [0.15, 0.2) is 48.5 Å². The Balaban J connectivity index is 0.961. The van der Waals surface area contributed by atoms with Crippen molar-refractivity contribution in [1.29, 1.82) is 0 Å². The van der Waals surface area contributed by atoms with Crippen molar-refractivity contribution >= 4 is 14.4 Å². The van der Waals surface area contributed by atoms with Gasteiger partial charge in [0.25, 0.3) is 0 Å². The van der Waals surface area contributed by atoms with Crippen LogP contribution in [0.2, 0.25) is 18.1 Å². The van der Waals surface area contributed by atoms with E-state index in [1.807, 2.05) is 24.3 Å². The van der Waals surface area contributed by atoms with E-state index >= 15 is 0 Å². The minimum Gasteiger partial charge on any atom is -0.448 e. The second-order valence-corrected chi connectivity index (χ2v) is 20.3. The number of hydrogen-bond acceptors (Lipinski definition) is 13. The van der Waals surface area contributed by atoms with Crippen LogP contribution in [0.3, 0.4) is 0 Å². The maximum Gasteiger partial charge on any atom is 0.409 e. The normalized spacial score (nSPS) is 12.8. The average Bonchev–Trinajstić information content (AvgIpc) is 3.54. The molecule has 0 radical (unpaired) electrons. The highest BCUT2D eigenvalue weighted by molar-refractivity contribution is 6.74. The molecule has 15 heteroatoms. The fourth-order valence-electron chi connectivity index (χ4n) is 5.65. The molecule has 1 aliphatic rings. The maximum atomic E-state index is 12.6. The number of fused-ring (bicyclic) bond motifs is 3. The lowest BCUT2D eigenvalue weighted by Gasteiger charge is -2.36. The molecule has 1 aliphatic carbocycles. The van der Waals surface area contributed by atoms with E-state index in [0.717, 1.165) is 0 Å². The van der Waals surface area contributed by atoms with Gasteiger partial charge in [-0.15, -0.1) is 0 Å². The van der Waals surface area contributed by atoms with Crippen LogP contribution < -0.4 is 0 Å². The van der Waals surface area contributed by atoms with Gasteiger partial charge in [0, 0.05) is 19.5 Å². The quantitative estimate of drug-likeness (QED) is 0.0583. The SMILES string of the molecule is CN(CCOCCOCCOCCOCCOCCOCCOCCOCCOCCOCCO[Si](C)(C)C(C)(C)C)C(=O)OCC1c2ccccc2-c2ccccc21. The van der Waals surface area contributed by atoms with Gasteiger partial charge in [-0.1, -0.05) is 69.3 Å². The highest BCUT2D eigenvalue weighted by Gasteiger charge is 2.37. The van der Waals surface area contributed by atoms with Gasteiger partial charge in [0.1, 0.15) is 6.61 Å². The Hall–Kier alpha value is -2.51. The summed E-state index contributed by atoms with van der Waals surface area (Å²) in [7, 11) is 0.00734. The van der Waals surface area contributed by atoms with Crippen LogP contribution in [0.4, 0.5) is 4.79 Å². The Kier molecular flexibility index (Phi) is 26.3. The van der Waals surface area contributed by atoms with Crippen LogP contribution in [-0.2, 0) is 56.5 Å². The Morgan fingerprint density at radius 2 is 0.814 bits per heavy atom. The van der Waals surface area contributed by atoms with Gasteiger partial charge >= 0.3 is 6.09 Å². The summed E-state index contributed by atoms with van der Waals surface area (Å²) in [5.74, 6) is 0.0379. The smallest absolute Gasteiger partial charge is 0.409 e. The second kappa shape index (κ2) is 30.5. The summed E-state index contributed by atoms with van der Waals surface area (Å²) in [4.78, 5) is 14.2. The fraction of sp³-hybridized carbons (Fsp3) is 0.705. The first-order chi connectivity index (χ1) is 28.6. The standard InChI is InChI=1S/C44H73NO13Si/c1-44(2,3)59(5,6)58-36-35-56-34-33-55-32-31-54-30-29-53-28-27-52-26-25-51-24-23-50-22-21-49-20-19-48-18-17-47-16-15-45(4)43(46)57-37-42-40-13-9-7-11-38(40)39-12-8-10-14-41(39)42/h7-14,42H,15-37H2,1-6H3. The number of carbonyl (C=O) groups excluding carboxylic acids is 1. The highest BCUT2D eigenvalue weighted by Crippen LogP contribution is 2.44. The van der Waals surface area contributed by atoms with Crippen molar-refractivity contribution in [2.45, 2.75) is 44.8 Å². The van der Waals surface area contributed by atoms with Gasteiger partial charge in [-0.2, -0.15) is 0 Å². The van der Waals surface area contributed by atoms with E-state index in [4.69, 9.17) is 56.5 Å². The molecule has 0 aliphatic heterocycles. The van der Waals surface area contributed by atoms with Gasteiger partial charge in [-0.25, -0.2) is 4.79 Å². The molecule has 0 atom stereocenters. The fourth-order valence-corrected chi connectivity index (χ4v) is 6.68. The highest BCUT2D eigenvalue weighted by atomic mass is 28.4. The average molecular weight is 852 g/mol.